The molecule has 0 fully saturated rings. The fraction of sp³-hybridized carbons (Fsp3) is 0.190. The fourth-order valence-electron chi connectivity index (χ4n) is 2.47. The second kappa shape index (κ2) is 9.19. The Morgan fingerprint density at radius 2 is 1.57 bits per heavy atom. The van der Waals surface area contributed by atoms with Crippen molar-refractivity contribution in [3.05, 3.63) is 71.0 Å². The van der Waals surface area contributed by atoms with E-state index >= 15 is 0 Å². The molecule has 7 heteroatoms. The van der Waals surface area contributed by atoms with Crippen LogP contribution in [-0.2, 0) is 4.79 Å². The number of rotatable bonds is 7. The van der Waals surface area contributed by atoms with Gasteiger partial charge in [0, 0.05) is 22.1 Å². The fourth-order valence-corrected chi connectivity index (χ4v) is 2.59. The molecule has 0 saturated heterocycles. The molecule has 28 heavy (non-hydrogen) atoms. The van der Waals surface area contributed by atoms with Crippen LogP contribution in [0.3, 0.4) is 0 Å². The van der Waals surface area contributed by atoms with Gasteiger partial charge in [-0.25, -0.2) is 9.97 Å². The summed E-state index contributed by atoms with van der Waals surface area (Å²) in [5.41, 5.74) is 2.35. The van der Waals surface area contributed by atoms with Gasteiger partial charge in [0.05, 0.1) is 13.0 Å². The van der Waals surface area contributed by atoms with Crippen molar-refractivity contribution in [2.45, 2.75) is 20.3 Å². The maximum Gasteiger partial charge on any atom is 0.322 e. The molecule has 1 aromatic heterocycles. The molecular formula is C21H20ClN3O3. The number of carbonyl (C=O) groups excluding carboxylic acids is 1. The molecule has 0 saturated carbocycles. The third-order valence-corrected chi connectivity index (χ3v) is 3.97. The number of benzene rings is 2. The van der Waals surface area contributed by atoms with Gasteiger partial charge in [-0.15, -0.1) is 0 Å². The van der Waals surface area contributed by atoms with Crippen molar-refractivity contribution < 1.29 is 14.3 Å². The van der Waals surface area contributed by atoms with Gasteiger partial charge >= 0.3 is 6.01 Å². The second-order valence-corrected chi connectivity index (χ2v) is 6.60. The van der Waals surface area contributed by atoms with Gasteiger partial charge in [0.15, 0.2) is 0 Å². The van der Waals surface area contributed by atoms with Gasteiger partial charge in [-0.05, 0) is 68.4 Å². The Morgan fingerprint density at radius 3 is 2.21 bits per heavy atom. The van der Waals surface area contributed by atoms with Crippen LogP contribution in [0.25, 0.3) is 0 Å². The predicted molar refractivity (Wildman–Crippen MR) is 108 cm³/mol. The predicted octanol–water partition coefficient (Wildman–Crippen LogP) is 4.95. The van der Waals surface area contributed by atoms with Crippen molar-refractivity contribution in [2.24, 2.45) is 0 Å². The number of anilines is 1. The number of ether oxygens (including phenoxy) is 2. The molecule has 0 spiro atoms. The summed E-state index contributed by atoms with van der Waals surface area (Å²) < 4.78 is 11.2. The number of nitrogens with zero attached hydrogens (tertiary/aromatic N) is 2. The third-order valence-electron chi connectivity index (χ3n) is 3.72. The van der Waals surface area contributed by atoms with E-state index in [9.17, 15) is 4.79 Å². The first-order chi connectivity index (χ1) is 13.5. The highest BCUT2D eigenvalue weighted by molar-refractivity contribution is 6.30. The zero-order valence-electron chi connectivity index (χ0n) is 15.6. The summed E-state index contributed by atoms with van der Waals surface area (Å²) in [6.45, 7) is 4.05. The molecule has 0 bridgehead atoms. The zero-order chi connectivity index (χ0) is 19.9. The van der Waals surface area contributed by atoms with Crippen molar-refractivity contribution in [1.82, 2.24) is 9.97 Å². The van der Waals surface area contributed by atoms with Crippen LogP contribution in [-0.4, -0.2) is 22.5 Å². The largest absolute Gasteiger partial charge is 0.493 e. The molecule has 1 heterocycles. The Labute approximate surface area is 168 Å². The van der Waals surface area contributed by atoms with E-state index in [2.05, 4.69) is 15.3 Å². The number of nitrogens with one attached hydrogen (secondary N) is 1. The molecule has 0 aliphatic carbocycles. The maximum atomic E-state index is 12.0. The molecule has 0 radical (unpaired) electrons. The van der Waals surface area contributed by atoms with E-state index in [1.165, 1.54) is 0 Å². The molecule has 1 amide bonds. The lowest BCUT2D eigenvalue weighted by molar-refractivity contribution is -0.116. The molecule has 0 aliphatic heterocycles. The zero-order valence-corrected chi connectivity index (χ0v) is 16.4. The Morgan fingerprint density at radius 1 is 0.964 bits per heavy atom. The molecule has 2 aromatic carbocycles. The van der Waals surface area contributed by atoms with E-state index in [1.807, 2.05) is 19.9 Å². The number of hydrogen-bond acceptors (Lipinski definition) is 5. The first-order valence-corrected chi connectivity index (χ1v) is 9.14. The third kappa shape index (κ3) is 5.96. The summed E-state index contributed by atoms with van der Waals surface area (Å²) >= 11 is 5.82. The highest BCUT2D eigenvalue weighted by Crippen LogP contribution is 2.21. The van der Waals surface area contributed by atoms with Gasteiger partial charge in [0.2, 0.25) is 5.91 Å². The Hall–Kier alpha value is -3.12. The topological polar surface area (TPSA) is 73.3 Å². The smallest absolute Gasteiger partial charge is 0.322 e. The van der Waals surface area contributed by atoms with E-state index in [0.717, 1.165) is 11.4 Å². The Balaban J connectivity index is 1.48. The van der Waals surface area contributed by atoms with Crippen LogP contribution in [0.1, 0.15) is 17.8 Å². The molecule has 0 atom stereocenters. The summed E-state index contributed by atoms with van der Waals surface area (Å²) in [6, 6.07) is 16.2. The van der Waals surface area contributed by atoms with Crippen LogP contribution in [0.2, 0.25) is 5.02 Å². The normalized spacial score (nSPS) is 10.4. The van der Waals surface area contributed by atoms with Crippen molar-refractivity contribution >= 4 is 23.2 Å². The van der Waals surface area contributed by atoms with Crippen LogP contribution in [0.4, 0.5) is 5.69 Å². The lowest BCUT2D eigenvalue weighted by Gasteiger charge is -2.09. The summed E-state index contributed by atoms with van der Waals surface area (Å²) in [5.74, 6) is 1.13. The average molecular weight is 398 g/mol. The lowest BCUT2D eigenvalue weighted by atomic mass is 10.3. The quantitative estimate of drug-likeness (QED) is 0.610. The minimum atomic E-state index is -0.139. The number of aromatic nitrogens is 2. The van der Waals surface area contributed by atoms with E-state index < -0.39 is 0 Å². The number of hydrogen-bond donors (Lipinski definition) is 1. The van der Waals surface area contributed by atoms with Crippen molar-refractivity contribution in [1.29, 1.82) is 0 Å². The molecule has 3 rings (SSSR count). The van der Waals surface area contributed by atoms with Gasteiger partial charge in [-0.2, -0.15) is 0 Å². The summed E-state index contributed by atoms with van der Waals surface area (Å²) in [5, 5.41) is 3.46. The number of amides is 1. The molecule has 0 aliphatic rings. The number of aryl methyl sites for hydroxylation is 2. The monoisotopic (exact) mass is 397 g/mol. The Kier molecular flexibility index (Phi) is 6.45. The molecule has 3 aromatic rings. The van der Waals surface area contributed by atoms with E-state index in [-0.39, 0.29) is 18.9 Å². The van der Waals surface area contributed by atoms with Crippen LogP contribution in [0.5, 0.6) is 17.5 Å². The van der Waals surface area contributed by atoms with Gasteiger partial charge in [0.1, 0.15) is 11.5 Å². The van der Waals surface area contributed by atoms with Crippen molar-refractivity contribution in [2.75, 3.05) is 11.9 Å². The van der Waals surface area contributed by atoms with Gasteiger partial charge in [-0.3, -0.25) is 4.79 Å². The molecule has 1 N–H and O–H groups in total. The molecule has 0 unspecified atom stereocenters. The summed E-state index contributed by atoms with van der Waals surface area (Å²) in [6.07, 6.45) is 0.233. The molecule has 6 nitrogen and oxygen atoms in total. The molecular weight excluding hydrogens is 378 g/mol. The Bertz CT molecular complexity index is 924. The van der Waals surface area contributed by atoms with Crippen molar-refractivity contribution in [3.8, 4) is 17.5 Å². The first kappa shape index (κ1) is 19.6. The maximum absolute atomic E-state index is 12.0. The van der Waals surface area contributed by atoms with Gasteiger partial charge in [0.25, 0.3) is 0 Å². The lowest BCUT2D eigenvalue weighted by Crippen LogP contribution is -2.15. The van der Waals surface area contributed by atoms with Crippen molar-refractivity contribution in [3.63, 3.8) is 0 Å². The van der Waals surface area contributed by atoms with Crippen LogP contribution in [0, 0.1) is 13.8 Å². The van der Waals surface area contributed by atoms with E-state index in [0.29, 0.717) is 28.2 Å². The van der Waals surface area contributed by atoms with Gasteiger partial charge in [-0.1, -0.05) is 11.6 Å². The SMILES string of the molecule is Cc1cc(C)nc(Oc2ccc(NC(=O)CCOc3ccc(Cl)cc3)cc2)n1. The standard InChI is InChI=1S/C21H20ClN3O3/c1-14-13-15(2)24-21(23-14)28-19-9-5-17(6-10-19)25-20(26)11-12-27-18-7-3-16(22)4-8-18/h3-10,13H,11-12H2,1-2H3,(H,25,26). The average Bonchev–Trinajstić information content (AvgIpc) is 2.64. The minimum absolute atomic E-state index is 0.139. The first-order valence-electron chi connectivity index (χ1n) is 8.76. The molecule has 144 valence electrons. The highest BCUT2D eigenvalue weighted by Gasteiger charge is 2.06. The second-order valence-electron chi connectivity index (χ2n) is 6.16. The number of halogens is 1. The number of carbonyl (C=O) groups is 1. The van der Waals surface area contributed by atoms with E-state index in [1.54, 1.807) is 48.5 Å². The highest BCUT2D eigenvalue weighted by atomic mass is 35.5. The summed E-state index contributed by atoms with van der Waals surface area (Å²) in [7, 11) is 0. The van der Waals surface area contributed by atoms with Crippen LogP contribution >= 0.6 is 11.6 Å². The van der Waals surface area contributed by atoms with E-state index in [4.69, 9.17) is 21.1 Å². The summed E-state index contributed by atoms with van der Waals surface area (Å²) in [4.78, 5) is 20.5. The minimum Gasteiger partial charge on any atom is -0.493 e. The van der Waals surface area contributed by atoms with Crippen LogP contribution in [0.15, 0.2) is 54.6 Å². The van der Waals surface area contributed by atoms with Crippen LogP contribution < -0.4 is 14.8 Å². The van der Waals surface area contributed by atoms with Gasteiger partial charge < -0.3 is 14.8 Å².